The third-order valence-electron chi connectivity index (χ3n) is 17.3. The lowest BCUT2D eigenvalue weighted by Gasteiger charge is -2.65. The maximum absolute atomic E-state index is 2.93. The molecule has 8 aliphatic carbocycles. The van der Waals surface area contributed by atoms with E-state index in [1.54, 1.807) is 89.9 Å². The number of rotatable bonds is 1. The standard InChI is InChI=1S/C38H60/c1-35-21-8-12-29(35)27-16-14-26-10-7-11-34(38(26,4)32(27)19-23-35)33-18-17-30-28-15-13-25-9-5-6-22-36(25,2)31(28)20-24-37(30,33)3/h6,22,25-34H,5,7-21,23-24H2,1-4H3/t25?,26?,27-,28-,29-,30-,31+,32+,33?,34?,35-,36-,37-,38-/m0/s1. The fourth-order valence-corrected chi connectivity index (χ4v) is 15.5. The molecule has 14 atom stereocenters. The first kappa shape index (κ1) is 25.5. The molecule has 0 bridgehead atoms. The van der Waals surface area contributed by atoms with Crippen LogP contribution in [0, 0.1) is 80.8 Å². The highest BCUT2D eigenvalue weighted by Crippen LogP contribution is 2.73. The molecule has 38 heavy (non-hydrogen) atoms. The quantitative estimate of drug-likeness (QED) is 0.304. The molecular weight excluding hydrogens is 456 g/mol. The van der Waals surface area contributed by atoms with E-state index in [0.717, 1.165) is 59.2 Å². The summed E-state index contributed by atoms with van der Waals surface area (Å²) in [6.45, 7) is 11.2. The van der Waals surface area contributed by atoms with Crippen LogP contribution in [0.25, 0.3) is 0 Å². The molecule has 0 amide bonds. The van der Waals surface area contributed by atoms with Crippen molar-refractivity contribution >= 4 is 0 Å². The Hall–Kier alpha value is -0.260. The predicted molar refractivity (Wildman–Crippen MR) is 160 cm³/mol. The van der Waals surface area contributed by atoms with Crippen LogP contribution in [-0.4, -0.2) is 0 Å². The van der Waals surface area contributed by atoms with Crippen molar-refractivity contribution in [2.75, 3.05) is 0 Å². The van der Waals surface area contributed by atoms with Gasteiger partial charge in [0.2, 0.25) is 0 Å². The molecule has 0 aromatic rings. The fraction of sp³-hybridized carbons (Fsp3) is 0.947. The largest absolute Gasteiger partial charge is 0.0880 e. The van der Waals surface area contributed by atoms with Crippen LogP contribution in [0.2, 0.25) is 0 Å². The Morgan fingerprint density at radius 2 is 1.24 bits per heavy atom. The molecule has 0 nitrogen and oxygen atoms in total. The van der Waals surface area contributed by atoms with Crippen LogP contribution in [-0.2, 0) is 0 Å². The first-order valence-corrected chi connectivity index (χ1v) is 18.0. The van der Waals surface area contributed by atoms with Gasteiger partial charge in [0.1, 0.15) is 0 Å². The first-order chi connectivity index (χ1) is 18.3. The Labute approximate surface area is 236 Å². The zero-order chi connectivity index (χ0) is 25.9. The summed E-state index contributed by atoms with van der Waals surface area (Å²) in [7, 11) is 0. The highest BCUT2D eigenvalue weighted by molar-refractivity contribution is 5.17. The number of hydrogen-bond donors (Lipinski definition) is 0. The van der Waals surface area contributed by atoms with E-state index in [9.17, 15) is 0 Å². The molecule has 0 radical (unpaired) electrons. The van der Waals surface area contributed by atoms with Crippen molar-refractivity contribution in [3.05, 3.63) is 12.2 Å². The van der Waals surface area contributed by atoms with Crippen molar-refractivity contribution in [2.45, 2.75) is 143 Å². The molecular formula is C38H60. The fourth-order valence-electron chi connectivity index (χ4n) is 15.5. The van der Waals surface area contributed by atoms with Gasteiger partial charge in [-0.3, -0.25) is 0 Å². The molecule has 8 aliphatic rings. The Balaban J connectivity index is 1.11. The second-order valence-electron chi connectivity index (χ2n) is 17.9. The monoisotopic (exact) mass is 516 g/mol. The van der Waals surface area contributed by atoms with Gasteiger partial charge in [-0.2, -0.15) is 0 Å². The van der Waals surface area contributed by atoms with Crippen molar-refractivity contribution in [2.24, 2.45) is 80.8 Å². The van der Waals surface area contributed by atoms with Gasteiger partial charge < -0.3 is 0 Å². The molecule has 212 valence electrons. The Kier molecular flexibility index (Phi) is 5.78. The number of fused-ring (bicyclic) bond motifs is 10. The zero-order valence-corrected chi connectivity index (χ0v) is 25.7. The highest BCUT2D eigenvalue weighted by Gasteiger charge is 2.65. The molecule has 0 aromatic heterocycles. The summed E-state index contributed by atoms with van der Waals surface area (Å²) in [6, 6.07) is 0. The van der Waals surface area contributed by atoms with Crippen LogP contribution in [0.3, 0.4) is 0 Å². The zero-order valence-electron chi connectivity index (χ0n) is 25.7. The normalized spacial score (nSPS) is 61.2. The van der Waals surface area contributed by atoms with Gasteiger partial charge in [-0.1, -0.05) is 52.7 Å². The van der Waals surface area contributed by atoms with Gasteiger partial charge in [-0.05, 0) is 184 Å². The average molecular weight is 517 g/mol. The molecule has 7 fully saturated rings. The molecule has 0 heterocycles. The summed E-state index contributed by atoms with van der Waals surface area (Å²) in [6.07, 6.45) is 33.2. The summed E-state index contributed by atoms with van der Waals surface area (Å²) in [5.74, 6) is 10.4. The lowest BCUT2D eigenvalue weighted by atomic mass is 9.39. The topological polar surface area (TPSA) is 0 Å². The average Bonchev–Trinajstić information content (AvgIpc) is 3.47. The maximum atomic E-state index is 2.93. The first-order valence-electron chi connectivity index (χ1n) is 18.0. The minimum Gasteiger partial charge on any atom is -0.0880 e. The van der Waals surface area contributed by atoms with Gasteiger partial charge in [-0.15, -0.1) is 0 Å². The van der Waals surface area contributed by atoms with Gasteiger partial charge in [0.05, 0.1) is 0 Å². The summed E-state index contributed by atoms with van der Waals surface area (Å²) in [5.41, 5.74) is 2.52. The number of allylic oxidation sites excluding steroid dienone is 2. The van der Waals surface area contributed by atoms with Crippen molar-refractivity contribution in [3.63, 3.8) is 0 Å². The SMILES string of the molecule is C[C@@]12CCC[C@H]1[C@@H]1CCC3CCCC(C4CC[C@H]5[C@@H]6CCC7CCC=C[C@]7(C)[C@@H]6CC[C@]45C)[C@]3(C)[C@@H]1CC2. The van der Waals surface area contributed by atoms with E-state index in [-0.39, 0.29) is 0 Å². The van der Waals surface area contributed by atoms with Gasteiger partial charge >= 0.3 is 0 Å². The predicted octanol–water partition coefficient (Wildman–Crippen LogP) is 10.9. The van der Waals surface area contributed by atoms with Gasteiger partial charge in [0.25, 0.3) is 0 Å². The molecule has 7 saturated carbocycles. The molecule has 0 aromatic carbocycles. The van der Waals surface area contributed by atoms with E-state index in [1.807, 2.05) is 0 Å². The summed E-state index contributed by atoms with van der Waals surface area (Å²) >= 11 is 0. The van der Waals surface area contributed by atoms with Crippen LogP contribution < -0.4 is 0 Å². The summed E-state index contributed by atoms with van der Waals surface area (Å²) in [4.78, 5) is 0. The second kappa shape index (κ2) is 8.63. The van der Waals surface area contributed by atoms with E-state index in [0.29, 0.717) is 21.7 Å². The van der Waals surface area contributed by atoms with Crippen LogP contribution in [0.1, 0.15) is 143 Å². The Bertz CT molecular complexity index is 961. The molecule has 0 aliphatic heterocycles. The summed E-state index contributed by atoms with van der Waals surface area (Å²) < 4.78 is 0. The van der Waals surface area contributed by atoms with Crippen molar-refractivity contribution in [1.82, 2.24) is 0 Å². The Morgan fingerprint density at radius 3 is 2.11 bits per heavy atom. The highest BCUT2D eigenvalue weighted by atomic mass is 14.7. The lowest BCUT2D eigenvalue weighted by Crippen LogP contribution is -2.58. The maximum Gasteiger partial charge on any atom is -0.00872 e. The molecule has 0 spiro atoms. The van der Waals surface area contributed by atoms with Crippen LogP contribution >= 0.6 is 0 Å². The van der Waals surface area contributed by atoms with E-state index in [1.165, 1.54) is 25.7 Å². The molecule has 0 saturated heterocycles. The number of hydrogen-bond acceptors (Lipinski definition) is 0. The van der Waals surface area contributed by atoms with Gasteiger partial charge in [0.15, 0.2) is 0 Å². The van der Waals surface area contributed by atoms with Gasteiger partial charge in [-0.25, -0.2) is 0 Å². The van der Waals surface area contributed by atoms with Crippen molar-refractivity contribution < 1.29 is 0 Å². The lowest BCUT2D eigenvalue weighted by molar-refractivity contribution is -0.164. The summed E-state index contributed by atoms with van der Waals surface area (Å²) in [5, 5.41) is 0. The molecule has 0 heteroatoms. The van der Waals surface area contributed by atoms with Crippen molar-refractivity contribution in [1.29, 1.82) is 0 Å². The van der Waals surface area contributed by atoms with E-state index < -0.39 is 0 Å². The molecule has 8 rings (SSSR count). The van der Waals surface area contributed by atoms with E-state index in [2.05, 4.69) is 39.8 Å². The van der Waals surface area contributed by atoms with Crippen LogP contribution in [0.5, 0.6) is 0 Å². The van der Waals surface area contributed by atoms with Crippen LogP contribution in [0.4, 0.5) is 0 Å². The van der Waals surface area contributed by atoms with Gasteiger partial charge in [0, 0.05) is 0 Å². The van der Waals surface area contributed by atoms with E-state index in [4.69, 9.17) is 0 Å². The molecule has 0 N–H and O–H groups in total. The van der Waals surface area contributed by atoms with Crippen molar-refractivity contribution in [3.8, 4) is 0 Å². The molecule has 4 unspecified atom stereocenters. The second-order valence-corrected chi connectivity index (χ2v) is 17.9. The minimum absolute atomic E-state index is 0.523. The van der Waals surface area contributed by atoms with E-state index >= 15 is 0 Å². The Morgan fingerprint density at radius 1 is 0.500 bits per heavy atom. The third-order valence-corrected chi connectivity index (χ3v) is 17.3. The van der Waals surface area contributed by atoms with Crippen LogP contribution in [0.15, 0.2) is 12.2 Å². The third kappa shape index (κ3) is 3.22. The smallest absolute Gasteiger partial charge is 0.00872 e. The minimum atomic E-state index is 0.523.